The molecule has 4 aromatic rings. The van der Waals surface area contributed by atoms with Crippen molar-refractivity contribution in [3.05, 3.63) is 99.1 Å². The number of carbonyl (C=O) groups is 2. The number of carboxylic acid groups (broad SMARTS) is 1. The second-order valence-corrected chi connectivity index (χ2v) is 8.39. The van der Waals surface area contributed by atoms with Crippen LogP contribution >= 0.6 is 11.8 Å². The summed E-state index contributed by atoms with van der Waals surface area (Å²) in [6, 6.07) is 17.0. The van der Waals surface area contributed by atoms with Crippen molar-refractivity contribution < 1.29 is 14.7 Å². The molecule has 0 bridgehead atoms. The predicted octanol–water partition coefficient (Wildman–Crippen LogP) is 5.15. The van der Waals surface area contributed by atoms with Gasteiger partial charge in [-0.2, -0.15) is 0 Å². The van der Waals surface area contributed by atoms with Crippen LogP contribution in [0.25, 0.3) is 26.9 Å². The molecule has 0 unspecified atom stereocenters. The first-order valence-corrected chi connectivity index (χ1v) is 10.5. The molecule has 1 heterocycles. The van der Waals surface area contributed by atoms with Gasteiger partial charge in [-0.05, 0) is 29.8 Å². The number of aryl methyl sites for hydroxylation is 1. The van der Waals surface area contributed by atoms with Crippen molar-refractivity contribution in [1.82, 2.24) is 4.57 Å². The molecule has 1 aromatic heterocycles. The fraction of sp³-hybridized carbons (Fsp3) is 0.0400. The van der Waals surface area contributed by atoms with Gasteiger partial charge in [-0.25, -0.2) is 9.64 Å². The number of ketones is 1. The Balaban J connectivity index is 1.90. The van der Waals surface area contributed by atoms with E-state index in [1.807, 2.05) is 0 Å². The van der Waals surface area contributed by atoms with Gasteiger partial charge in [0, 0.05) is 44.4 Å². The van der Waals surface area contributed by atoms with Crippen molar-refractivity contribution in [2.75, 3.05) is 0 Å². The quantitative estimate of drug-likeness (QED) is 0.394. The molecule has 0 saturated heterocycles. The fourth-order valence-electron chi connectivity index (χ4n) is 4.16. The van der Waals surface area contributed by atoms with E-state index in [1.165, 1.54) is 22.4 Å². The summed E-state index contributed by atoms with van der Waals surface area (Å²) in [5, 5.41) is 10.1. The van der Waals surface area contributed by atoms with Gasteiger partial charge in [0.05, 0.1) is 12.1 Å². The molecule has 0 spiro atoms. The summed E-state index contributed by atoms with van der Waals surface area (Å²) in [6.45, 7) is 7.65. The molecule has 3 aromatic carbocycles. The lowest BCUT2D eigenvalue weighted by Gasteiger charge is -2.24. The van der Waals surface area contributed by atoms with E-state index in [-0.39, 0.29) is 17.0 Å². The zero-order chi connectivity index (χ0) is 22.6. The Labute approximate surface area is 186 Å². The van der Waals surface area contributed by atoms with Crippen molar-refractivity contribution in [2.24, 2.45) is 7.05 Å². The zero-order valence-corrected chi connectivity index (χ0v) is 17.6. The molecule has 0 fully saturated rings. The molecule has 0 radical (unpaired) electrons. The molecule has 0 aliphatic heterocycles. The Hall–Kier alpha value is -4.15. The standard InChI is InChI=1S/C25H14N2O4S/c1-26-22-19-13-7-3-4-8-14(13)23(28)21-18(12-11-16(20(19)21)27(2)24(22)29)32-17-10-6-5-9-15(17)25(30)31/h3-12H,2H3,(H,30,31). The van der Waals surface area contributed by atoms with Crippen molar-refractivity contribution in [1.29, 1.82) is 0 Å². The van der Waals surface area contributed by atoms with Gasteiger partial charge in [0.25, 0.3) is 11.2 Å². The van der Waals surface area contributed by atoms with E-state index in [1.54, 1.807) is 61.6 Å². The first-order valence-electron chi connectivity index (χ1n) is 9.65. The normalized spacial score (nSPS) is 11.8. The smallest absolute Gasteiger partial charge is 0.336 e. The Morgan fingerprint density at radius 3 is 2.34 bits per heavy atom. The third-order valence-corrected chi connectivity index (χ3v) is 6.75. The van der Waals surface area contributed by atoms with E-state index in [0.717, 1.165) is 0 Å². The highest BCUT2D eigenvalue weighted by Crippen LogP contribution is 2.47. The van der Waals surface area contributed by atoms with E-state index < -0.39 is 11.5 Å². The molecule has 0 amide bonds. The number of fused-ring (bicyclic) bond motifs is 2. The third kappa shape index (κ3) is 2.70. The highest BCUT2D eigenvalue weighted by atomic mass is 32.2. The fourth-order valence-corrected chi connectivity index (χ4v) is 5.24. The second-order valence-electron chi connectivity index (χ2n) is 7.31. The van der Waals surface area contributed by atoms with E-state index in [9.17, 15) is 19.5 Å². The summed E-state index contributed by atoms with van der Waals surface area (Å²) >= 11 is 1.19. The van der Waals surface area contributed by atoms with Gasteiger partial charge in [-0.1, -0.05) is 48.2 Å². The minimum Gasteiger partial charge on any atom is -0.478 e. The maximum Gasteiger partial charge on any atom is 0.336 e. The van der Waals surface area contributed by atoms with Gasteiger partial charge >= 0.3 is 5.97 Å². The molecule has 6 nitrogen and oxygen atoms in total. The van der Waals surface area contributed by atoms with Crippen LogP contribution < -0.4 is 5.56 Å². The summed E-state index contributed by atoms with van der Waals surface area (Å²) in [5.74, 6) is -1.28. The molecule has 7 heteroatoms. The molecule has 0 atom stereocenters. The number of hydrogen-bond acceptors (Lipinski definition) is 4. The van der Waals surface area contributed by atoms with Crippen LogP contribution in [-0.2, 0) is 7.05 Å². The molecule has 154 valence electrons. The third-order valence-electron chi connectivity index (χ3n) is 5.62. The molecular formula is C25H14N2O4S. The highest BCUT2D eigenvalue weighted by Gasteiger charge is 2.32. The number of aromatic carboxylic acids is 1. The molecule has 0 saturated carbocycles. The minimum atomic E-state index is -1.06. The molecular weight excluding hydrogens is 424 g/mol. The average molecular weight is 438 g/mol. The first kappa shape index (κ1) is 19.8. The Morgan fingerprint density at radius 1 is 0.938 bits per heavy atom. The Kier molecular flexibility index (Phi) is 4.47. The number of rotatable bonds is 3. The highest BCUT2D eigenvalue weighted by molar-refractivity contribution is 7.99. The van der Waals surface area contributed by atoms with Gasteiger partial charge in [-0.3, -0.25) is 9.59 Å². The van der Waals surface area contributed by atoms with Crippen molar-refractivity contribution in [3.8, 4) is 11.1 Å². The Bertz CT molecular complexity index is 1590. The molecule has 32 heavy (non-hydrogen) atoms. The maximum atomic E-state index is 13.6. The number of aromatic nitrogens is 1. The minimum absolute atomic E-state index is 0.0331. The molecule has 1 aliphatic carbocycles. The molecule has 1 N–H and O–H groups in total. The zero-order valence-electron chi connectivity index (χ0n) is 16.7. The molecule has 5 rings (SSSR count). The lowest BCUT2D eigenvalue weighted by Crippen LogP contribution is -2.21. The summed E-state index contributed by atoms with van der Waals surface area (Å²) < 4.78 is 1.39. The van der Waals surface area contributed by atoms with E-state index >= 15 is 0 Å². The summed E-state index contributed by atoms with van der Waals surface area (Å²) in [4.78, 5) is 42.8. The topological polar surface area (TPSA) is 80.7 Å². The van der Waals surface area contributed by atoms with Gasteiger partial charge < -0.3 is 9.67 Å². The van der Waals surface area contributed by atoms with Gasteiger partial charge in [-0.15, -0.1) is 0 Å². The van der Waals surface area contributed by atoms with Crippen LogP contribution in [-0.4, -0.2) is 21.4 Å². The Morgan fingerprint density at radius 2 is 1.62 bits per heavy atom. The van der Waals surface area contributed by atoms with Crippen LogP contribution in [0, 0.1) is 6.57 Å². The van der Waals surface area contributed by atoms with Crippen LogP contribution in [0.15, 0.2) is 75.2 Å². The second kappa shape index (κ2) is 7.22. The maximum absolute atomic E-state index is 13.6. The van der Waals surface area contributed by atoms with Crippen molar-refractivity contribution in [2.45, 2.75) is 9.79 Å². The number of pyridine rings is 1. The predicted molar refractivity (Wildman–Crippen MR) is 122 cm³/mol. The number of hydrogen-bond donors (Lipinski definition) is 1. The molecule has 1 aliphatic rings. The van der Waals surface area contributed by atoms with Crippen LogP contribution in [0.3, 0.4) is 0 Å². The van der Waals surface area contributed by atoms with Crippen LogP contribution in [0.5, 0.6) is 0 Å². The summed E-state index contributed by atoms with van der Waals surface area (Å²) in [6.07, 6.45) is 0. The lowest BCUT2D eigenvalue weighted by atomic mass is 9.83. The number of nitrogens with zero attached hydrogens (tertiary/aromatic N) is 2. The number of carbonyl (C=O) groups excluding carboxylic acids is 1. The van der Waals surface area contributed by atoms with Crippen molar-refractivity contribution >= 4 is 40.1 Å². The average Bonchev–Trinajstić information content (AvgIpc) is 2.80. The van der Waals surface area contributed by atoms with E-state index in [4.69, 9.17) is 6.57 Å². The van der Waals surface area contributed by atoms with Gasteiger partial charge in [0.1, 0.15) is 0 Å². The van der Waals surface area contributed by atoms with Crippen LogP contribution in [0.2, 0.25) is 0 Å². The van der Waals surface area contributed by atoms with Gasteiger partial charge in [0.2, 0.25) is 0 Å². The number of carboxylic acids is 1. The van der Waals surface area contributed by atoms with Gasteiger partial charge in [0.15, 0.2) is 5.78 Å². The number of benzene rings is 3. The first-order chi connectivity index (χ1) is 15.4. The monoisotopic (exact) mass is 438 g/mol. The lowest BCUT2D eigenvalue weighted by molar-refractivity contribution is 0.0693. The summed E-state index contributed by atoms with van der Waals surface area (Å²) in [5.41, 5.74) is 2.04. The van der Waals surface area contributed by atoms with E-state index in [0.29, 0.717) is 42.9 Å². The largest absolute Gasteiger partial charge is 0.478 e. The SMILES string of the molecule is [C-]#[N+]c1c2c3c(c(Sc4ccccc4C(=O)O)ccc3n(C)c1=O)C(=O)c1ccccc1-2. The van der Waals surface area contributed by atoms with E-state index in [2.05, 4.69) is 4.85 Å². The van der Waals surface area contributed by atoms with Crippen LogP contribution in [0.4, 0.5) is 5.69 Å². The summed E-state index contributed by atoms with van der Waals surface area (Å²) in [7, 11) is 1.58. The van der Waals surface area contributed by atoms with Crippen molar-refractivity contribution in [3.63, 3.8) is 0 Å². The van der Waals surface area contributed by atoms with Crippen LogP contribution in [0.1, 0.15) is 26.3 Å².